The van der Waals surface area contributed by atoms with E-state index in [2.05, 4.69) is 15.6 Å². The molecule has 0 saturated heterocycles. The second-order valence-electron chi connectivity index (χ2n) is 7.84. The van der Waals surface area contributed by atoms with Gasteiger partial charge in [-0.25, -0.2) is 9.79 Å². The lowest BCUT2D eigenvalue weighted by Gasteiger charge is -2.27. The largest absolute Gasteiger partial charge is 0.466 e. The van der Waals surface area contributed by atoms with E-state index in [0.717, 1.165) is 6.42 Å². The summed E-state index contributed by atoms with van der Waals surface area (Å²) in [6.07, 6.45) is 2.05. The molecular formula is C20H37IN4O4. The van der Waals surface area contributed by atoms with Crippen molar-refractivity contribution >= 4 is 36.0 Å². The molecule has 0 aliphatic heterocycles. The molecule has 0 aliphatic carbocycles. The molecule has 29 heavy (non-hydrogen) atoms. The number of hydrogen-bond donors (Lipinski definition) is 3. The average molecular weight is 524 g/mol. The van der Waals surface area contributed by atoms with Crippen LogP contribution in [0.25, 0.3) is 0 Å². The fourth-order valence-electron chi connectivity index (χ4n) is 2.44. The summed E-state index contributed by atoms with van der Waals surface area (Å²) in [7, 11) is 0. The van der Waals surface area contributed by atoms with E-state index in [0.29, 0.717) is 37.9 Å². The molecular weight excluding hydrogens is 487 g/mol. The number of aliphatic hydroxyl groups is 1. The number of rotatable bonds is 9. The molecule has 0 bridgehead atoms. The Labute approximate surface area is 191 Å². The average Bonchev–Trinajstić information content (AvgIpc) is 3.13. The van der Waals surface area contributed by atoms with Crippen LogP contribution in [0.1, 0.15) is 53.7 Å². The first-order valence-electron chi connectivity index (χ1n) is 9.85. The first-order chi connectivity index (χ1) is 13.1. The number of nitrogens with one attached hydrogen (secondary N) is 2. The van der Waals surface area contributed by atoms with Gasteiger partial charge >= 0.3 is 6.09 Å². The van der Waals surface area contributed by atoms with Crippen molar-refractivity contribution in [3.05, 3.63) is 24.2 Å². The Hall–Kier alpha value is -1.49. The zero-order chi connectivity index (χ0) is 21.2. The Bertz CT molecular complexity index is 612. The zero-order valence-electron chi connectivity index (χ0n) is 18.4. The minimum atomic E-state index is -1.20. The smallest absolute Gasteiger partial charge is 0.410 e. The summed E-state index contributed by atoms with van der Waals surface area (Å²) in [5.74, 6) is 1.03. The van der Waals surface area contributed by atoms with Gasteiger partial charge in [0.1, 0.15) is 17.0 Å². The predicted octanol–water partition coefficient (Wildman–Crippen LogP) is 3.31. The van der Waals surface area contributed by atoms with Crippen molar-refractivity contribution in [2.45, 2.75) is 59.2 Å². The molecule has 0 spiro atoms. The minimum absolute atomic E-state index is 0. The zero-order valence-corrected chi connectivity index (χ0v) is 20.8. The number of ether oxygens (including phenoxy) is 1. The van der Waals surface area contributed by atoms with Crippen LogP contribution in [0.15, 0.2) is 27.8 Å². The molecule has 1 rings (SSSR count). The number of halogens is 1. The number of furan rings is 1. The molecule has 9 heteroatoms. The first-order valence-corrected chi connectivity index (χ1v) is 9.85. The molecule has 1 aromatic heterocycles. The minimum Gasteiger partial charge on any atom is -0.466 e. The summed E-state index contributed by atoms with van der Waals surface area (Å²) in [5, 5.41) is 16.9. The topological polar surface area (TPSA) is 99.3 Å². The highest BCUT2D eigenvalue weighted by Gasteiger charge is 2.26. The van der Waals surface area contributed by atoms with Gasteiger partial charge < -0.3 is 29.8 Å². The van der Waals surface area contributed by atoms with Gasteiger partial charge in [-0.05, 0) is 53.2 Å². The molecule has 1 aromatic rings. The molecule has 8 nitrogen and oxygen atoms in total. The molecule has 1 atom stereocenters. The third kappa shape index (κ3) is 10.7. The van der Waals surface area contributed by atoms with E-state index >= 15 is 0 Å². The third-order valence-electron chi connectivity index (χ3n) is 3.76. The summed E-state index contributed by atoms with van der Waals surface area (Å²) >= 11 is 0. The molecule has 168 valence electrons. The van der Waals surface area contributed by atoms with Crippen LogP contribution in [-0.4, -0.2) is 60.4 Å². The fourth-order valence-corrected chi connectivity index (χ4v) is 2.44. The summed E-state index contributed by atoms with van der Waals surface area (Å²) in [6.45, 7) is 13.6. The van der Waals surface area contributed by atoms with Gasteiger partial charge in [0.05, 0.1) is 12.8 Å². The lowest BCUT2D eigenvalue weighted by atomic mass is 10.0. The van der Waals surface area contributed by atoms with Crippen LogP contribution < -0.4 is 10.6 Å². The number of aliphatic imine (C=N–C) groups is 1. The van der Waals surface area contributed by atoms with E-state index in [1.54, 1.807) is 24.0 Å². The van der Waals surface area contributed by atoms with Crippen molar-refractivity contribution in [3.63, 3.8) is 0 Å². The fraction of sp³-hybridized carbons (Fsp3) is 0.700. The third-order valence-corrected chi connectivity index (χ3v) is 3.76. The molecule has 0 aliphatic rings. The van der Waals surface area contributed by atoms with Gasteiger partial charge in [-0.3, -0.25) is 0 Å². The molecule has 0 saturated carbocycles. The Kier molecular flexibility index (Phi) is 12.3. The Morgan fingerprint density at radius 2 is 1.93 bits per heavy atom. The van der Waals surface area contributed by atoms with Gasteiger partial charge in [0, 0.05) is 26.2 Å². The maximum Gasteiger partial charge on any atom is 0.410 e. The van der Waals surface area contributed by atoms with Crippen molar-refractivity contribution in [3.8, 4) is 0 Å². The van der Waals surface area contributed by atoms with Crippen LogP contribution in [0, 0.1) is 0 Å². The van der Waals surface area contributed by atoms with Crippen LogP contribution in [0.4, 0.5) is 4.79 Å². The lowest BCUT2D eigenvalue weighted by Crippen LogP contribution is -2.45. The highest BCUT2D eigenvalue weighted by molar-refractivity contribution is 14.0. The monoisotopic (exact) mass is 524 g/mol. The Morgan fingerprint density at radius 1 is 1.24 bits per heavy atom. The van der Waals surface area contributed by atoms with Gasteiger partial charge in [-0.15, -0.1) is 24.0 Å². The molecule has 0 aromatic carbocycles. The maximum absolute atomic E-state index is 12.3. The van der Waals surface area contributed by atoms with Gasteiger partial charge in [0.15, 0.2) is 5.96 Å². The van der Waals surface area contributed by atoms with Crippen molar-refractivity contribution in [1.82, 2.24) is 15.5 Å². The Morgan fingerprint density at radius 3 is 2.45 bits per heavy atom. The highest BCUT2D eigenvalue weighted by atomic mass is 127. The summed E-state index contributed by atoms with van der Waals surface area (Å²) < 4.78 is 10.7. The second kappa shape index (κ2) is 12.9. The molecule has 1 unspecified atom stereocenters. The van der Waals surface area contributed by atoms with Crippen molar-refractivity contribution in [2.75, 3.05) is 32.7 Å². The van der Waals surface area contributed by atoms with E-state index in [1.807, 2.05) is 34.6 Å². The van der Waals surface area contributed by atoms with Gasteiger partial charge in [-0.1, -0.05) is 6.92 Å². The molecule has 0 fully saturated rings. The van der Waals surface area contributed by atoms with Crippen LogP contribution in [0.2, 0.25) is 0 Å². The standard InChI is InChI=1S/C20H36N4O4.HI/c1-7-12-24(18(25)28-19(3,4)5)13-11-22-17(21-8-2)23-15-20(6,26)16-10-9-14-27-16;/h9-10,14,26H,7-8,11-13,15H2,1-6H3,(H2,21,22,23);1H. The number of carbonyl (C=O) groups is 1. The lowest BCUT2D eigenvalue weighted by molar-refractivity contribution is 0.0253. The second-order valence-corrected chi connectivity index (χ2v) is 7.84. The quantitative estimate of drug-likeness (QED) is 0.261. The van der Waals surface area contributed by atoms with Crippen LogP contribution >= 0.6 is 24.0 Å². The van der Waals surface area contributed by atoms with E-state index in [1.165, 1.54) is 6.26 Å². The normalized spacial score (nSPS) is 13.8. The van der Waals surface area contributed by atoms with E-state index in [-0.39, 0.29) is 36.6 Å². The highest BCUT2D eigenvalue weighted by Crippen LogP contribution is 2.21. The van der Waals surface area contributed by atoms with Crippen molar-refractivity contribution < 1.29 is 19.1 Å². The number of carbonyl (C=O) groups excluding carboxylic acids is 1. The molecule has 1 heterocycles. The van der Waals surface area contributed by atoms with Gasteiger partial charge in [-0.2, -0.15) is 0 Å². The summed E-state index contributed by atoms with van der Waals surface area (Å²) in [4.78, 5) is 18.4. The summed E-state index contributed by atoms with van der Waals surface area (Å²) in [6, 6.07) is 3.45. The molecule has 1 amide bonds. The Balaban J connectivity index is 0.00000784. The van der Waals surface area contributed by atoms with Crippen molar-refractivity contribution in [2.24, 2.45) is 4.99 Å². The number of nitrogens with zero attached hydrogens (tertiary/aromatic N) is 2. The van der Waals surface area contributed by atoms with Gasteiger partial charge in [0.2, 0.25) is 0 Å². The maximum atomic E-state index is 12.3. The molecule has 0 radical (unpaired) electrons. The van der Waals surface area contributed by atoms with E-state index in [4.69, 9.17) is 9.15 Å². The number of amides is 1. The van der Waals surface area contributed by atoms with Crippen LogP contribution in [-0.2, 0) is 10.3 Å². The number of guanidine groups is 1. The van der Waals surface area contributed by atoms with Gasteiger partial charge in [0.25, 0.3) is 0 Å². The van der Waals surface area contributed by atoms with E-state index in [9.17, 15) is 9.90 Å². The van der Waals surface area contributed by atoms with E-state index < -0.39 is 11.2 Å². The first kappa shape index (κ1) is 27.5. The van der Waals surface area contributed by atoms with Crippen molar-refractivity contribution in [1.29, 1.82) is 0 Å². The van der Waals surface area contributed by atoms with Crippen LogP contribution in [0.5, 0.6) is 0 Å². The number of hydrogen-bond acceptors (Lipinski definition) is 5. The SMILES string of the molecule is CCCN(CCNC(=NCC(C)(O)c1ccco1)NCC)C(=O)OC(C)(C)C.I. The van der Waals surface area contributed by atoms with Crippen LogP contribution in [0.3, 0.4) is 0 Å². The predicted molar refractivity (Wildman–Crippen MR) is 126 cm³/mol. The molecule has 3 N–H and O–H groups in total. The summed E-state index contributed by atoms with van der Waals surface area (Å²) in [5.41, 5.74) is -1.72.